The number of halogens is 5. The number of amides is 1. The highest BCUT2D eigenvalue weighted by Crippen LogP contribution is 2.29. The molecule has 0 spiro atoms. The smallest absolute Gasteiger partial charge is 0.422 e. The highest BCUT2D eigenvalue weighted by molar-refractivity contribution is 6.18. The van der Waals surface area contributed by atoms with Crippen molar-refractivity contribution in [3.63, 3.8) is 0 Å². The Morgan fingerprint density at radius 1 is 1.19 bits per heavy atom. The molecule has 0 unspecified atom stereocenters. The number of carbonyl (C=O) groups is 2. The molecule has 0 aliphatic heterocycles. The average molecular weight is 456 g/mol. The lowest BCUT2D eigenvalue weighted by atomic mass is 10.1. The number of alkyl halides is 3. The average Bonchev–Trinajstić information content (AvgIpc) is 3.18. The highest BCUT2D eigenvalue weighted by atomic mass is 19.4. The van der Waals surface area contributed by atoms with E-state index < -0.39 is 52.8 Å². The quantitative estimate of drug-likeness (QED) is 0.333. The van der Waals surface area contributed by atoms with Gasteiger partial charge in [-0.2, -0.15) is 13.2 Å². The SMILES string of the molecule is N/C=C(/C(=O)NCc1cc2c(F)c(F)cc(C(=O)OCC(F)(F)F)c2o1)c1ncccn1. The number of furan rings is 1. The number of nitrogens with two attached hydrogens (primary N) is 1. The van der Waals surface area contributed by atoms with E-state index in [0.29, 0.717) is 6.07 Å². The Balaban J connectivity index is 1.83. The zero-order valence-electron chi connectivity index (χ0n) is 15.9. The van der Waals surface area contributed by atoms with Crippen molar-refractivity contribution in [2.45, 2.75) is 12.7 Å². The van der Waals surface area contributed by atoms with Crippen LogP contribution in [0.5, 0.6) is 0 Å². The van der Waals surface area contributed by atoms with E-state index >= 15 is 0 Å². The van der Waals surface area contributed by atoms with Gasteiger partial charge in [0.25, 0.3) is 5.91 Å². The van der Waals surface area contributed by atoms with Gasteiger partial charge in [-0.15, -0.1) is 0 Å². The summed E-state index contributed by atoms with van der Waals surface area (Å²) in [5.74, 6) is -5.29. The van der Waals surface area contributed by atoms with E-state index in [1.165, 1.54) is 18.5 Å². The number of hydrogen-bond donors (Lipinski definition) is 2. The molecule has 13 heteroatoms. The minimum absolute atomic E-state index is 0.0277. The van der Waals surface area contributed by atoms with Gasteiger partial charge in [0.1, 0.15) is 11.3 Å². The van der Waals surface area contributed by atoms with Gasteiger partial charge in [0, 0.05) is 18.6 Å². The molecule has 3 N–H and O–H groups in total. The maximum atomic E-state index is 14.1. The molecule has 3 aromatic rings. The van der Waals surface area contributed by atoms with Gasteiger partial charge in [0.15, 0.2) is 29.6 Å². The van der Waals surface area contributed by atoms with Crippen LogP contribution < -0.4 is 11.1 Å². The predicted molar refractivity (Wildman–Crippen MR) is 98.5 cm³/mol. The van der Waals surface area contributed by atoms with Crippen LogP contribution in [-0.4, -0.2) is 34.6 Å². The molecule has 0 aliphatic rings. The second-order valence-corrected chi connectivity index (χ2v) is 6.20. The largest absolute Gasteiger partial charge is 0.458 e. The van der Waals surface area contributed by atoms with Crippen molar-refractivity contribution in [2.24, 2.45) is 5.73 Å². The molecule has 1 aromatic carbocycles. The molecule has 0 aliphatic carbocycles. The Hall–Kier alpha value is -4.03. The normalized spacial score (nSPS) is 12.1. The van der Waals surface area contributed by atoms with E-state index in [4.69, 9.17) is 10.2 Å². The second-order valence-electron chi connectivity index (χ2n) is 6.20. The fraction of sp³-hybridized carbons (Fsp3) is 0.158. The molecule has 168 valence electrons. The van der Waals surface area contributed by atoms with E-state index in [2.05, 4.69) is 20.0 Å². The second kappa shape index (κ2) is 8.99. The summed E-state index contributed by atoms with van der Waals surface area (Å²) in [6.45, 7) is -2.29. The lowest BCUT2D eigenvalue weighted by Gasteiger charge is -2.08. The topological polar surface area (TPSA) is 120 Å². The Bertz CT molecular complexity index is 1190. The Kier molecular flexibility index (Phi) is 6.37. The van der Waals surface area contributed by atoms with Crippen LogP contribution in [0.25, 0.3) is 16.5 Å². The fourth-order valence-corrected chi connectivity index (χ4v) is 2.61. The van der Waals surface area contributed by atoms with E-state index in [9.17, 15) is 31.5 Å². The number of nitrogens with one attached hydrogen (secondary N) is 1. The summed E-state index contributed by atoms with van der Waals surface area (Å²) in [7, 11) is 0. The highest BCUT2D eigenvalue weighted by Gasteiger charge is 2.31. The van der Waals surface area contributed by atoms with Gasteiger partial charge < -0.3 is 20.2 Å². The van der Waals surface area contributed by atoms with Crippen LogP contribution in [0.4, 0.5) is 22.0 Å². The molecular weight excluding hydrogens is 443 g/mol. The molecule has 2 heterocycles. The molecule has 1 amide bonds. The third-order valence-electron chi connectivity index (χ3n) is 3.97. The van der Waals surface area contributed by atoms with Crippen LogP contribution in [0.2, 0.25) is 0 Å². The zero-order chi connectivity index (χ0) is 23.5. The van der Waals surface area contributed by atoms with Crippen LogP contribution >= 0.6 is 0 Å². The number of hydrogen-bond acceptors (Lipinski definition) is 7. The molecule has 3 rings (SSSR count). The summed E-state index contributed by atoms with van der Waals surface area (Å²) in [6, 6.07) is 2.87. The molecule has 0 bridgehead atoms. The third-order valence-corrected chi connectivity index (χ3v) is 3.97. The summed E-state index contributed by atoms with van der Waals surface area (Å²) in [5, 5.41) is 1.88. The lowest BCUT2D eigenvalue weighted by molar-refractivity contribution is -0.161. The molecule has 0 radical (unpaired) electrons. The Labute approximate surface area is 175 Å². The van der Waals surface area contributed by atoms with Gasteiger partial charge >= 0.3 is 12.1 Å². The Morgan fingerprint density at radius 3 is 2.50 bits per heavy atom. The predicted octanol–water partition coefficient (Wildman–Crippen LogP) is 2.84. The molecule has 8 nitrogen and oxygen atoms in total. The number of aromatic nitrogens is 2. The summed E-state index contributed by atoms with van der Waals surface area (Å²) >= 11 is 0. The van der Waals surface area contributed by atoms with Crippen LogP contribution in [0.3, 0.4) is 0 Å². The van der Waals surface area contributed by atoms with Crippen molar-refractivity contribution >= 4 is 28.4 Å². The molecule has 2 aromatic heterocycles. The number of ether oxygens (including phenoxy) is 1. The first-order valence-electron chi connectivity index (χ1n) is 8.72. The third kappa shape index (κ3) is 4.99. The first-order valence-corrected chi connectivity index (χ1v) is 8.72. The van der Waals surface area contributed by atoms with Crippen molar-refractivity contribution in [1.29, 1.82) is 0 Å². The van der Waals surface area contributed by atoms with Crippen molar-refractivity contribution in [3.8, 4) is 0 Å². The number of nitrogens with zero attached hydrogens (tertiary/aromatic N) is 2. The van der Waals surface area contributed by atoms with Crippen LogP contribution in [0.1, 0.15) is 21.9 Å². The van der Waals surface area contributed by atoms with Crippen molar-refractivity contribution < 1.29 is 40.7 Å². The maximum absolute atomic E-state index is 14.1. The molecule has 0 saturated heterocycles. The lowest BCUT2D eigenvalue weighted by Crippen LogP contribution is -2.25. The summed E-state index contributed by atoms with van der Waals surface area (Å²) in [6.07, 6.45) is -1.08. The standard InChI is InChI=1S/C19H13F5N4O4/c20-13-5-11(18(30)31-8-19(22,23)24)15-10(14(13)21)4-9(32-15)7-28-17(29)12(6-25)16-26-2-1-3-27-16/h1-6H,7-8,25H2,(H,28,29)/b12-6+. The van der Waals surface area contributed by atoms with Gasteiger partial charge in [0.05, 0.1) is 17.5 Å². The van der Waals surface area contributed by atoms with Crippen molar-refractivity contribution in [3.05, 3.63) is 65.6 Å². The zero-order valence-corrected chi connectivity index (χ0v) is 15.9. The van der Waals surface area contributed by atoms with Crippen molar-refractivity contribution in [2.75, 3.05) is 6.61 Å². The van der Waals surface area contributed by atoms with Gasteiger partial charge in [-0.3, -0.25) is 4.79 Å². The number of fused-ring (bicyclic) bond motifs is 1. The summed E-state index contributed by atoms with van der Waals surface area (Å²) in [4.78, 5) is 32.1. The van der Waals surface area contributed by atoms with Crippen LogP contribution in [0.15, 0.2) is 41.2 Å². The van der Waals surface area contributed by atoms with Crippen LogP contribution in [-0.2, 0) is 16.1 Å². The van der Waals surface area contributed by atoms with E-state index in [1.807, 2.05) is 0 Å². The maximum Gasteiger partial charge on any atom is 0.422 e. The molecule has 32 heavy (non-hydrogen) atoms. The van der Waals surface area contributed by atoms with E-state index in [1.54, 1.807) is 0 Å². The summed E-state index contributed by atoms with van der Waals surface area (Å²) in [5.41, 5.74) is 4.06. The van der Waals surface area contributed by atoms with E-state index in [0.717, 1.165) is 12.3 Å². The van der Waals surface area contributed by atoms with Crippen LogP contribution in [0, 0.1) is 11.6 Å². The minimum Gasteiger partial charge on any atom is -0.458 e. The molecular formula is C19H13F5N4O4. The van der Waals surface area contributed by atoms with Gasteiger partial charge in [-0.25, -0.2) is 23.5 Å². The van der Waals surface area contributed by atoms with Gasteiger partial charge in [0.2, 0.25) is 0 Å². The van der Waals surface area contributed by atoms with Gasteiger partial charge in [-0.05, 0) is 18.2 Å². The fourth-order valence-electron chi connectivity index (χ4n) is 2.61. The molecule has 0 fully saturated rings. The van der Waals surface area contributed by atoms with Gasteiger partial charge in [-0.1, -0.05) is 0 Å². The van der Waals surface area contributed by atoms with Crippen molar-refractivity contribution in [1.82, 2.24) is 15.3 Å². The number of esters is 1. The molecule has 0 atom stereocenters. The number of carbonyl (C=O) groups excluding carboxylic acids is 2. The first-order chi connectivity index (χ1) is 15.1. The summed E-state index contributed by atoms with van der Waals surface area (Å²) < 4.78 is 74.2. The molecule has 0 saturated carbocycles. The number of benzene rings is 1. The monoisotopic (exact) mass is 456 g/mol. The minimum atomic E-state index is -4.82. The number of rotatable bonds is 6. The first kappa shape index (κ1) is 22.7. The Morgan fingerprint density at radius 2 is 1.88 bits per heavy atom. The van der Waals surface area contributed by atoms with E-state index in [-0.39, 0.29) is 23.7 Å².